The molecular formula is C20H26N2O4S. The van der Waals surface area contributed by atoms with Gasteiger partial charge in [-0.05, 0) is 61.9 Å². The molecule has 0 bridgehead atoms. The number of carbonyl (C=O) groups is 1. The fraction of sp³-hybridized carbons (Fsp3) is 0.350. The Bertz CT molecular complexity index is 831. The highest BCUT2D eigenvalue weighted by molar-refractivity contribution is 7.92. The molecular weight excluding hydrogens is 364 g/mol. The highest BCUT2D eigenvalue weighted by Gasteiger charge is 2.15. The van der Waals surface area contributed by atoms with Gasteiger partial charge in [0.2, 0.25) is 0 Å². The summed E-state index contributed by atoms with van der Waals surface area (Å²) in [5.41, 5.74) is 0.878. The first-order valence-corrected chi connectivity index (χ1v) is 10.6. The summed E-state index contributed by atoms with van der Waals surface area (Å²) in [4.78, 5) is 12.2. The van der Waals surface area contributed by atoms with Crippen LogP contribution in [0, 0.1) is 0 Å². The van der Waals surface area contributed by atoms with Crippen molar-refractivity contribution in [1.29, 1.82) is 0 Å². The number of anilines is 1. The Morgan fingerprint density at radius 3 is 2.22 bits per heavy atom. The zero-order valence-corrected chi connectivity index (χ0v) is 16.5. The average molecular weight is 391 g/mol. The number of hydrogen-bond donors (Lipinski definition) is 2. The smallest absolute Gasteiger partial charge is 0.261 e. The van der Waals surface area contributed by atoms with Crippen molar-refractivity contribution in [2.75, 3.05) is 17.9 Å². The van der Waals surface area contributed by atoms with Crippen molar-refractivity contribution in [1.82, 2.24) is 5.32 Å². The van der Waals surface area contributed by atoms with Gasteiger partial charge >= 0.3 is 0 Å². The highest BCUT2D eigenvalue weighted by atomic mass is 32.2. The van der Waals surface area contributed by atoms with E-state index in [-0.39, 0.29) is 10.8 Å². The van der Waals surface area contributed by atoms with Gasteiger partial charge in [-0.15, -0.1) is 0 Å². The maximum absolute atomic E-state index is 12.5. The lowest BCUT2D eigenvalue weighted by Gasteiger charge is -2.10. The lowest BCUT2D eigenvalue weighted by Crippen LogP contribution is -2.24. The SMILES string of the molecule is CCCCCNC(=O)c1ccc(S(=O)(=O)Nc2ccc(OCC)cc2)cc1. The summed E-state index contributed by atoms with van der Waals surface area (Å²) in [5, 5.41) is 2.83. The minimum absolute atomic E-state index is 0.0962. The quantitative estimate of drug-likeness (QED) is 0.604. The van der Waals surface area contributed by atoms with Crippen LogP contribution in [0.5, 0.6) is 5.75 Å². The van der Waals surface area contributed by atoms with E-state index in [9.17, 15) is 13.2 Å². The Kier molecular flexibility index (Phi) is 7.67. The summed E-state index contributed by atoms with van der Waals surface area (Å²) in [5.74, 6) is 0.476. The zero-order valence-electron chi connectivity index (χ0n) is 15.7. The van der Waals surface area contributed by atoms with E-state index >= 15 is 0 Å². The molecule has 0 heterocycles. The first kappa shape index (κ1) is 20.8. The summed E-state index contributed by atoms with van der Waals surface area (Å²) < 4.78 is 32.8. The summed E-state index contributed by atoms with van der Waals surface area (Å²) in [6, 6.07) is 12.6. The monoisotopic (exact) mass is 390 g/mol. The maximum Gasteiger partial charge on any atom is 0.261 e. The molecule has 2 aromatic carbocycles. The fourth-order valence-corrected chi connectivity index (χ4v) is 3.52. The molecule has 0 fully saturated rings. The molecule has 0 unspecified atom stereocenters. The number of hydrogen-bond acceptors (Lipinski definition) is 4. The van der Waals surface area contributed by atoms with Gasteiger partial charge < -0.3 is 10.1 Å². The van der Waals surface area contributed by atoms with Gasteiger partial charge in [-0.1, -0.05) is 19.8 Å². The second-order valence-electron chi connectivity index (χ2n) is 6.05. The van der Waals surface area contributed by atoms with Crippen molar-refractivity contribution in [2.24, 2.45) is 0 Å². The first-order valence-electron chi connectivity index (χ1n) is 9.10. The van der Waals surface area contributed by atoms with Crippen molar-refractivity contribution in [3.05, 3.63) is 54.1 Å². The van der Waals surface area contributed by atoms with Crippen molar-refractivity contribution in [2.45, 2.75) is 38.0 Å². The van der Waals surface area contributed by atoms with Crippen molar-refractivity contribution in [3.8, 4) is 5.75 Å². The largest absolute Gasteiger partial charge is 0.494 e. The molecule has 0 spiro atoms. The number of unbranched alkanes of at least 4 members (excludes halogenated alkanes) is 2. The molecule has 2 rings (SSSR count). The molecule has 7 heteroatoms. The summed E-state index contributed by atoms with van der Waals surface area (Å²) in [7, 11) is -3.73. The number of benzene rings is 2. The maximum atomic E-state index is 12.5. The fourth-order valence-electron chi connectivity index (χ4n) is 2.46. The van der Waals surface area contributed by atoms with E-state index in [0.717, 1.165) is 19.3 Å². The summed E-state index contributed by atoms with van der Waals surface area (Å²) in [6.45, 7) is 5.14. The Hall–Kier alpha value is -2.54. The van der Waals surface area contributed by atoms with Crippen LogP contribution >= 0.6 is 0 Å². The van der Waals surface area contributed by atoms with Gasteiger partial charge in [0.05, 0.1) is 11.5 Å². The van der Waals surface area contributed by atoms with E-state index in [2.05, 4.69) is 17.0 Å². The molecule has 146 valence electrons. The molecule has 0 atom stereocenters. The minimum atomic E-state index is -3.73. The molecule has 0 radical (unpaired) electrons. The molecule has 6 nitrogen and oxygen atoms in total. The van der Waals surface area contributed by atoms with Crippen molar-refractivity contribution >= 4 is 21.6 Å². The van der Waals surface area contributed by atoms with Gasteiger partial charge in [0.25, 0.3) is 15.9 Å². The predicted molar refractivity (Wildman–Crippen MR) is 107 cm³/mol. The van der Waals surface area contributed by atoms with Crippen LogP contribution < -0.4 is 14.8 Å². The zero-order chi connectivity index (χ0) is 19.7. The Morgan fingerprint density at radius 2 is 1.63 bits per heavy atom. The lowest BCUT2D eigenvalue weighted by atomic mass is 10.2. The third-order valence-electron chi connectivity index (χ3n) is 3.91. The molecule has 0 aromatic heterocycles. The van der Waals surface area contributed by atoms with E-state index < -0.39 is 10.0 Å². The lowest BCUT2D eigenvalue weighted by molar-refractivity contribution is 0.0953. The summed E-state index contributed by atoms with van der Waals surface area (Å²) in [6.07, 6.45) is 3.08. The van der Waals surface area contributed by atoms with Crippen LogP contribution in [0.15, 0.2) is 53.4 Å². The van der Waals surface area contributed by atoms with E-state index in [1.807, 2.05) is 6.92 Å². The molecule has 2 N–H and O–H groups in total. The van der Waals surface area contributed by atoms with Gasteiger partial charge in [-0.2, -0.15) is 0 Å². The minimum Gasteiger partial charge on any atom is -0.494 e. The Morgan fingerprint density at radius 1 is 0.963 bits per heavy atom. The molecule has 0 aliphatic heterocycles. The topological polar surface area (TPSA) is 84.5 Å². The van der Waals surface area contributed by atoms with Crippen LogP contribution in [-0.4, -0.2) is 27.5 Å². The number of sulfonamides is 1. The van der Waals surface area contributed by atoms with E-state index in [0.29, 0.717) is 30.2 Å². The summed E-state index contributed by atoms with van der Waals surface area (Å²) >= 11 is 0. The molecule has 0 aliphatic rings. The van der Waals surface area contributed by atoms with Crippen molar-refractivity contribution < 1.29 is 17.9 Å². The van der Waals surface area contributed by atoms with Crippen LogP contribution in [0.2, 0.25) is 0 Å². The second kappa shape index (κ2) is 9.97. The Labute approximate surface area is 161 Å². The third-order valence-corrected chi connectivity index (χ3v) is 5.31. The van der Waals surface area contributed by atoms with Crippen LogP contribution in [0.1, 0.15) is 43.5 Å². The molecule has 27 heavy (non-hydrogen) atoms. The number of nitrogens with one attached hydrogen (secondary N) is 2. The standard InChI is InChI=1S/C20H26N2O4S/c1-3-5-6-15-21-20(23)16-7-13-19(14-8-16)27(24,25)22-17-9-11-18(12-10-17)26-4-2/h7-14,22H,3-6,15H2,1-2H3,(H,21,23). The second-order valence-corrected chi connectivity index (χ2v) is 7.73. The predicted octanol–water partition coefficient (Wildman–Crippen LogP) is 3.81. The number of ether oxygens (including phenoxy) is 1. The molecule has 0 saturated carbocycles. The third kappa shape index (κ3) is 6.29. The number of carbonyl (C=O) groups excluding carboxylic acids is 1. The molecule has 1 amide bonds. The van der Waals surface area contributed by atoms with Crippen LogP contribution in [0.4, 0.5) is 5.69 Å². The van der Waals surface area contributed by atoms with Crippen LogP contribution in [0.3, 0.4) is 0 Å². The van der Waals surface area contributed by atoms with Gasteiger partial charge in [0, 0.05) is 17.8 Å². The normalized spacial score (nSPS) is 11.0. The van der Waals surface area contributed by atoms with E-state index in [4.69, 9.17) is 4.74 Å². The van der Waals surface area contributed by atoms with Crippen LogP contribution in [0.25, 0.3) is 0 Å². The van der Waals surface area contributed by atoms with Crippen LogP contribution in [-0.2, 0) is 10.0 Å². The Balaban J connectivity index is 2.00. The molecule has 0 aliphatic carbocycles. The number of amides is 1. The van der Waals surface area contributed by atoms with Crippen molar-refractivity contribution in [3.63, 3.8) is 0 Å². The van der Waals surface area contributed by atoms with E-state index in [1.165, 1.54) is 24.3 Å². The van der Waals surface area contributed by atoms with Gasteiger partial charge in [-0.3, -0.25) is 9.52 Å². The van der Waals surface area contributed by atoms with Gasteiger partial charge in [-0.25, -0.2) is 8.42 Å². The number of rotatable bonds is 10. The average Bonchev–Trinajstić information content (AvgIpc) is 2.67. The highest BCUT2D eigenvalue weighted by Crippen LogP contribution is 2.20. The van der Waals surface area contributed by atoms with E-state index in [1.54, 1.807) is 24.3 Å². The van der Waals surface area contributed by atoms with Gasteiger partial charge in [0.1, 0.15) is 5.75 Å². The van der Waals surface area contributed by atoms with Gasteiger partial charge in [0.15, 0.2) is 0 Å². The molecule has 2 aromatic rings. The molecule has 0 saturated heterocycles. The first-order chi connectivity index (χ1) is 13.0.